The molecule has 4 heterocycles. The Morgan fingerprint density at radius 1 is 1.10 bits per heavy atom. The minimum atomic E-state index is -1.34. The van der Waals surface area contributed by atoms with Crippen molar-refractivity contribution in [1.29, 1.82) is 0 Å². The van der Waals surface area contributed by atoms with Gasteiger partial charge in [-0.05, 0) is 32.8 Å². The van der Waals surface area contributed by atoms with Gasteiger partial charge in [0.25, 0.3) is 0 Å². The summed E-state index contributed by atoms with van der Waals surface area (Å²) in [5.74, 6) is -3.51. The van der Waals surface area contributed by atoms with Crippen molar-refractivity contribution in [1.82, 2.24) is 15.1 Å². The molecule has 10 nitrogen and oxygen atoms in total. The summed E-state index contributed by atoms with van der Waals surface area (Å²) in [4.78, 5) is 57.7. The van der Waals surface area contributed by atoms with Crippen LogP contribution in [0.5, 0.6) is 0 Å². The minimum absolute atomic E-state index is 0.0609. The number of aliphatic hydroxyl groups excluding tert-OH is 1. The van der Waals surface area contributed by atoms with Gasteiger partial charge in [-0.3, -0.25) is 19.2 Å². The summed E-state index contributed by atoms with van der Waals surface area (Å²) in [6.45, 7) is 5.44. The van der Waals surface area contributed by atoms with Gasteiger partial charge >= 0.3 is 5.97 Å². The molecule has 0 aromatic heterocycles. The molecule has 5 rings (SSSR count). The van der Waals surface area contributed by atoms with Crippen molar-refractivity contribution in [3.63, 3.8) is 0 Å². The van der Waals surface area contributed by atoms with E-state index in [9.17, 15) is 24.3 Å². The number of fused-ring (bicyclic) bond motifs is 2. The summed E-state index contributed by atoms with van der Waals surface area (Å²) in [5, 5.41) is 12.8. The van der Waals surface area contributed by atoms with Gasteiger partial charge < -0.3 is 29.7 Å². The van der Waals surface area contributed by atoms with Gasteiger partial charge in [-0.2, -0.15) is 0 Å². The lowest BCUT2D eigenvalue weighted by Crippen LogP contribution is -2.57. The highest BCUT2D eigenvalue weighted by molar-refractivity contribution is 5.99. The molecule has 40 heavy (non-hydrogen) atoms. The summed E-state index contributed by atoms with van der Waals surface area (Å²) >= 11 is 0. The second kappa shape index (κ2) is 11.2. The number of esters is 1. The van der Waals surface area contributed by atoms with E-state index in [1.165, 1.54) is 4.90 Å². The number of carbonyl (C=O) groups is 4. The van der Waals surface area contributed by atoms with E-state index in [2.05, 4.69) is 5.32 Å². The molecule has 0 aliphatic carbocycles. The van der Waals surface area contributed by atoms with Crippen molar-refractivity contribution in [2.24, 2.45) is 11.8 Å². The van der Waals surface area contributed by atoms with E-state index in [1.807, 2.05) is 56.3 Å². The summed E-state index contributed by atoms with van der Waals surface area (Å²) in [6, 6.07) is 7.38. The number of aliphatic hydroxyl groups is 1. The highest BCUT2D eigenvalue weighted by Crippen LogP contribution is 2.55. The average Bonchev–Trinajstić information content (AvgIpc) is 3.56. The highest BCUT2D eigenvalue weighted by atomic mass is 16.6. The molecule has 2 fully saturated rings. The van der Waals surface area contributed by atoms with Crippen LogP contribution in [0, 0.1) is 11.8 Å². The van der Waals surface area contributed by atoms with Crippen molar-refractivity contribution in [3.05, 3.63) is 60.2 Å². The first-order valence-corrected chi connectivity index (χ1v) is 14.0. The molecule has 5 bridgehead atoms. The Kier molecular flexibility index (Phi) is 7.83. The molecule has 2 N–H and O–H groups in total. The summed E-state index contributed by atoms with van der Waals surface area (Å²) in [7, 11) is 0. The summed E-state index contributed by atoms with van der Waals surface area (Å²) in [5.41, 5.74) is -0.638. The van der Waals surface area contributed by atoms with Gasteiger partial charge in [0.1, 0.15) is 23.7 Å². The molecule has 4 aliphatic rings. The van der Waals surface area contributed by atoms with Crippen molar-refractivity contribution >= 4 is 23.7 Å². The Labute approximate surface area is 234 Å². The smallest absolute Gasteiger partial charge is 0.313 e. The number of hydrogen-bond acceptors (Lipinski definition) is 7. The SMILES string of the molecule is CC(C)N1C/C=C\CCC(=O)N[C@@H](C)[C@H](c2ccccc2)OC(=O)[C@@H]2[C@H]3C(=O)N(CCO)[C@H](C1=O)[C@]31C=C[C@H]2O1. The van der Waals surface area contributed by atoms with Crippen LogP contribution in [-0.2, 0) is 28.7 Å². The van der Waals surface area contributed by atoms with Crippen LogP contribution in [-0.4, -0.2) is 88.1 Å². The number of hydrogen-bond donors (Lipinski definition) is 2. The van der Waals surface area contributed by atoms with E-state index in [4.69, 9.17) is 9.47 Å². The second-order valence-corrected chi connectivity index (χ2v) is 11.2. The fourth-order valence-corrected chi connectivity index (χ4v) is 6.50. The Morgan fingerprint density at radius 2 is 1.85 bits per heavy atom. The number of nitrogens with one attached hydrogen (secondary N) is 1. The highest BCUT2D eigenvalue weighted by Gasteiger charge is 2.73. The monoisotopic (exact) mass is 551 g/mol. The third-order valence-electron chi connectivity index (χ3n) is 8.35. The van der Waals surface area contributed by atoms with E-state index in [0.717, 1.165) is 0 Å². The number of carbonyl (C=O) groups excluding carboxylic acids is 4. The largest absolute Gasteiger partial charge is 0.455 e. The average molecular weight is 552 g/mol. The third kappa shape index (κ3) is 4.73. The maximum atomic E-state index is 14.1. The first-order valence-electron chi connectivity index (χ1n) is 14.0. The van der Waals surface area contributed by atoms with Crippen molar-refractivity contribution < 1.29 is 33.8 Å². The zero-order chi connectivity index (χ0) is 28.6. The van der Waals surface area contributed by atoms with Crippen LogP contribution in [0.1, 0.15) is 45.3 Å². The van der Waals surface area contributed by atoms with Crippen LogP contribution in [0.2, 0.25) is 0 Å². The molecular weight excluding hydrogens is 514 g/mol. The van der Waals surface area contributed by atoms with Crippen LogP contribution < -0.4 is 5.32 Å². The number of cyclic esters (lactones) is 1. The molecule has 1 aromatic carbocycles. The number of amides is 3. The quantitative estimate of drug-likeness (QED) is 0.429. The number of likely N-dealkylation sites (tertiary alicyclic amines) is 1. The fraction of sp³-hybridized carbons (Fsp3) is 0.533. The van der Waals surface area contributed by atoms with E-state index in [0.29, 0.717) is 12.0 Å². The second-order valence-electron chi connectivity index (χ2n) is 11.2. The number of benzene rings is 1. The van der Waals surface area contributed by atoms with Gasteiger partial charge in [-0.1, -0.05) is 54.6 Å². The number of ether oxygens (including phenoxy) is 2. The Hall–Kier alpha value is -3.50. The fourth-order valence-electron chi connectivity index (χ4n) is 6.50. The number of allylic oxidation sites excluding steroid dienone is 1. The van der Waals surface area contributed by atoms with E-state index in [1.54, 1.807) is 24.0 Å². The molecule has 3 amide bonds. The molecular formula is C30H37N3O7. The zero-order valence-electron chi connectivity index (χ0n) is 23.1. The molecule has 0 radical (unpaired) electrons. The minimum Gasteiger partial charge on any atom is -0.455 e. The molecule has 7 atom stereocenters. The predicted molar refractivity (Wildman–Crippen MR) is 144 cm³/mol. The van der Waals surface area contributed by atoms with Gasteiger partial charge in [-0.25, -0.2) is 0 Å². The summed E-state index contributed by atoms with van der Waals surface area (Å²) < 4.78 is 12.5. The van der Waals surface area contributed by atoms with Crippen LogP contribution >= 0.6 is 0 Å². The number of nitrogens with zero attached hydrogens (tertiary/aromatic N) is 2. The standard InChI is InChI=1S/C30H37N3O7/c1-18(2)32-15-9-5-8-12-22(35)31-19(3)25(20-10-6-4-7-11-20)39-29(38)23-21-13-14-30(40-21)24(23)27(36)33(16-17-34)26(30)28(32)37/h4-7,9-11,13-14,18-19,21,23-26,34H,8,12,15-17H2,1-3H3,(H,31,35)/b9-5-/t19-,21+,23-,24-,25+,26+,30-/m0/s1. The number of rotatable bonds is 4. The number of β-amino-alcohol motifs (C(OH)–C–C–N with tert-alkyl or cyclic N) is 1. The zero-order valence-corrected chi connectivity index (χ0v) is 23.1. The van der Waals surface area contributed by atoms with Crippen LogP contribution in [0.3, 0.4) is 0 Å². The van der Waals surface area contributed by atoms with Crippen molar-refractivity contribution in [3.8, 4) is 0 Å². The third-order valence-corrected chi connectivity index (χ3v) is 8.35. The molecule has 0 unspecified atom stereocenters. The first-order chi connectivity index (χ1) is 19.2. The van der Waals surface area contributed by atoms with Crippen molar-refractivity contribution in [2.75, 3.05) is 19.7 Å². The van der Waals surface area contributed by atoms with Crippen LogP contribution in [0.25, 0.3) is 0 Å². The van der Waals surface area contributed by atoms with Crippen LogP contribution in [0.15, 0.2) is 54.6 Å². The molecule has 214 valence electrons. The lowest BCUT2D eigenvalue weighted by atomic mass is 9.74. The Bertz CT molecular complexity index is 1210. The van der Waals surface area contributed by atoms with Gasteiger partial charge in [-0.15, -0.1) is 0 Å². The van der Waals surface area contributed by atoms with Gasteiger partial charge in [0.05, 0.1) is 24.7 Å². The topological polar surface area (TPSA) is 125 Å². The molecule has 4 aliphatic heterocycles. The predicted octanol–water partition coefficient (Wildman–Crippen LogP) is 1.51. The molecule has 0 saturated carbocycles. The van der Waals surface area contributed by atoms with E-state index < -0.39 is 53.6 Å². The lowest BCUT2D eigenvalue weighted by molar-refractivity contribution is -0.161. The van der Waals surface area contributed by atoms with Gasteiger partial charge in [0, 0.05) is 25.6 Å². The Balaban J connectivity index is 1.57. The Morgan fingerprint density at radius 3 is 2.55 bits per heavy atom. The maximum Gasteiger partial charge on any atom is 0.313 e. The molecule has 10 heteroatoms. The first kappa shape index (κ1) is 28.0. The van der Waals surface area contributed by atoms with Crippen LogP contribution in [0.4, 0.5) is 0 Å². The van der Waals surface area contributed by atoms with Gasteiger partial charge in [0.15, 0.2) is 0 Å². The summed E-state index contributed by atoms with van der Waals surface area (Å²) in [6.07, 6.45) is 6.34. The van der Waals surface area contributed by atoms with E-state index in [-0.39, 0.29) is 44.0 Å². The van der Waals surface area contributed by atoms with E-state index >= 15 is 0 Å². The molecule has 2 saturated heterocycles. The maximum absolute atomic E-state index is 14.1. The van der Waals surface area contributed by atoms with Crippen molar-refractivity contribution in [2.45, 2.75) is 69.5 Å². The lowest BCUT2D eigenvalue weighted by Gasteiger charge is -2.37. The molecule has 1 aromatic rings. The van der Waals surface area contributed by atoms with Gasteiger partial charge in [0.2, 0.25) is 17.7 Å². The normalized spacial score (nSPS) is 35.2. The molecule has 1 spiro atoms.